The number of para-hydroxylation sites is 1. The molecule has 5 nitrogen and oxygen atoms in total. The number of likely N-dealkylation sites (N-methyl/N-ethyl adjacent to an activating group) is 1. The minimum atomic E-state index is -0.930. The molecule has 0 saturated carbocycles. The van der Waals surface area contributed by atoms with Gasteiger partial charge in [0.2, 0.25) is 0 Å². The molecule has 1 fully saturated rings. The lowest BCUT2D eigenvalue weighted by Gasteiger charge is -2.29. The van der Waals surface area contributed by atoms with Crippen LogP contribution in [0.1, 0.15) is 16.8 Å². The molecule has 0 aromatic heterocycles. The van der Waals surface area contributed by atoms with Gasteiger partial charge in [-0.3, -0.25) is 0 Å². The Morgan fingerprint density at radius 1 is 1.42 bits per heavy atom. The Hall–Kier alpha value is -1.59. The van der Waals surface area contributed by atoms with Crippen LogP contribution in [-0.2, 0) is 0 Å². The highest BCUT2D eigenvalue weighted by Crippen LogP contribution is 2.29. The number of carboxylic acids is 1. The fourth-order valence-electron chi connectivity index (χ4n) is 2.69. The molecule has 0 aliphatic carbocycles. The highest BCUT2D eigenvalue weighted by Gasteiger charge is 2.33. The zero-order valence-electron chi connectivity index (χ0n) is 11.3. The highest BCUT2D eigenvalue weighted by atomic mass is 16.4. The summed E-state index contributed by atoms with van der Waals surface area (Å²) in [6.07, 6.45) is 0.276. The van der Waals surface area contributed by atoms with E-state index >= 15 is 0 Å². The summed E-state index contributed by atoms with van der Waals surface area (Å²) >= 11 is 0. The third kappa shape index (κ3) is 3.05. The molecule has 2 rings (SSSR count). The predicted molar refractivity (Wildman–Crippen MR) is 73.7 cm³/mol. The number of carboxylic acid groups (broad SMARTS) is 1. The molecule has 1 aromatic rings. The number of β-amino-alcohol motifs (C(OH)–C–C–N with tert-alkyl or cyclic N) is 1. The lowest BCUT2D eigenvalue weighted by molar-refractivity contribution is 0.0697. The van der Waals surface area contributed by atoms with Gasteiger partial charge in [-0.2, -0.15) is 0 Å². The molecule has 1 heterocycles. The van der Waals surface area contributed by atoms with Crippen molar-refractivity contribution in [1.82, 2.24) is 4.90 Å². The van der Waals surface area contributed by atoms with E-state index in [1.54, 1.807) is 12.1 Å². The number of benzene rings is 1. The average molecular weight is 264 g/mol. The normalized spacial score (nSPS) is 23.1. The van der Waals surface area contributed by atoms with Crippen LogP contribution < -0.4 is 4.90 Å². The number of nitrogens with zero attached hydrogens (tertiary/aromatic N) is 2. The average Bonchev–Trinajstić information content (AvgIpc) is 2.69. The van der Waals surface area contributed by atoms with Crippen LogP contribution in [0, 0.1) is 0 Å². The van der Waals surface area contributed by atoms with E-state index in [0.29, 0.717) is 24.2 Å². The topological polar surface area (TPSA) is 64.0 Å². The maximum absolute atomic E-state index is 11.3. The van der Waals surface area contributed by atoms with Crippen molar-refractivity contribution in [3.63, 3.8) is 0 Å². The summed E-state index contributed by atoms with van der Waals surface area (Å²) in [4.78, 5) is 15.4. The minimum Gasteiger partial charge on any atom is -0.478 e. The largest absolute Gasteiger partial charge is 0.478 e. The maximum atomic E-state index is 11.3. The van der Waals surface area contributed by atoms with Crippen molar-refractivity contribution in [3.05, 3.63) is 29.8 Å². The van der Waals surface area contributed by atoms with Crippen LogP contribution in [0.3, 0.4) is 0 Å². The van der Waals surface area contributed by atoms with Crippen molar-refractivity contribution in [2.75, 3.05) is 32.1 Å². The monoisotopic (exact) mass is 264 g/mol. The smallest absolute Gasteiger partial charge is 0.337 e. The second-order valence-electron chi connectivity index (χ2n) is 5.28. The van der Waals surface area contributed by atoms with Gasteiger partial charge >= 0.3 is 5.97 Å². The van der Waals surface area contributed by atoms with Gasteiger partial charge < -0.3 is 20.0 Å². The SMILES string of the molecule is CN(C)CC1CC(O)CN1c1ccccc1C(=O)O. The summed E-state index contributed by atoms with van der Waals surface area (Å²) in [5.74, 6) is -0.930. The first-order valence-corrected chi connectivity index (χ1v) is 6.40. The van der Waals surface area contributed by atoms with Crippen LogP contribution >= 0.6 is 0 Å². The van der Waals surface area contributed by atoms with Crippen LogP contribution in [0.15, 0.2) is 24.3 Å². The molecule has 19 heavy (non-hydrogen) atoms. The number of carbonyl (C=O) groups is 1. The van der Waals surface area contributed by atoms with Crippen molar-refractivity contribution in [2.45, 2.75) is 18.6 Å². The standard InChI is InChI=1S/C14H20N2O3/c1-15(2)8-10-7-11(17)9-16(10)13-6-4-3-5-12(13)14(18)19/h3-6,10-11,17H,7-9H2,1-2H3,(H,18,19). The number of aromatic carboxylic acids is 1. The Balaban J connectivity index is 2.31. The number of aliphatic hydroxyl groups is 1. The Bertz CT molecular complexity index is 462. The lowest BCUT2D eigenvalue weighted by Crippen LogP contribution is -2.38. The van der Waals surface area contributed by atoms with Gasteiger partial charge in [-0.25, -0.2) is 4.79 Å². The second-order valence-corrected chi connectivity index (χ2v) is 5.28. The van der Waals surface area contributed by atoms with Crippen molar-refractivity contribution < 1.29 is 15.0 Å². The Morgan fingerprint density at radius 2 is 2.11 bits per heavy atom. The van der Waals surface area contributed by atoms with Gasteiger partial charge in [0, 0.05) is 19.1 Å². The minimum absolute atomic E-state index is 0.144. The second kappa shape index (κ2) is 5.59. The number of aliphatic hydroxyl groups excluding tert-OH is 1. The third-order valence-corrected chi connectivity index (χ3v) is 3.41. The van der Waals surface area contributed by atoms with Crippen LogP contribution in [0.2, 0.25) is 0 Å². The fraction of sp³-hybridized carbons (Fsp3) is 0.500. The van der Waals surface area contributed by atoms with Crippen LogP contribution in [0.4, 0.5) is 5.69 Å². The van der Waals surface area contributed by atoms with E-state index in [4.69, 9.17) is 0 Å². The summed E-state index contributed by atoms with van der Waals surface area (Å²) in [7, 11) is 3.96. The molecule has 1 saturated heterocycles. The molecular weight excluding hydrogens is 244 g/mol. The summed E-state index contributed by atoms with van der Waals surface area (Å²) < 4.78 is 0. The molecule has 1 aliphatic rings. The van der Waals surface area contributed by atoms with E-state index in [2.05, 4.69) is 4.90 Å². The molecule has 2 N–H and O–H groups in total. The van der Waals surface area contributed by atoms with Crippen LogP contribution in [0.5, 0.6) is 0 Å². The zero-order chi connectivity index (χ0) is 14.0. The van der Waals surface area contributed by atoms with Crippen molar-refractivity contribution in [2.24, 2.45) is 0 Å². The van der Waals surface area contributed by atoms with Gasteiger partial charge in [0.25, 0.3) is 0 Å². The van der Waals surface area contributed by atoms with Gasteiger partial charge in [0.15, 0.2) is 0 Å². The summed E-state index contributed by atoms with van der Waals surface area (Å²) in [5, 5.41) is 19.1. The van der Waals surface area contributed by atoms with Gasteiger partial charge in [-0.15, -0.1) is 0 Å². The molecule has 5 heteroatoms. The molecule has 104 valence electrons. The van der Waals surface area contributed by atoms with Crippen molar-refractivity contribution >= 4 is 11.7 Å². The summed E-state index contributed by atoms with van der Waals surface area (Å²) in [6, 6.07) is 7.12. The van der Waals surface area contributed by atoms with Crippen LogP contribution in [0.25, 0.3) is 0 Å². The Morgan fingerprint density at radius 3 is 2.74 bits per heavy atom. The third-order valence-electron chi connectivity index (χ3n) is 3.41. The lowest BCUT2D eigenvalue weighted by atomic mass is 10.1. The number of anilines is 1. The summed E-state index contributed by atoms with van der Waals surface area (Å²) in [5.41, 5.74) is 0.985. The molecule has 2 unspecified atom stereocenters. The van der Waals surface area contributed by atoms with E-state index in [0.717, 1.165) is 6.54 Å². The predicted octanol–water partition coefficient (Wildman–Crippen LogP) is 0.886. The van der Waals surface area contributed by atoms with Gasteiger partial charge in [0.1, 0.15) is 0 Å². The van der Waals surface area contributed by atoms with Crippen LogP contribution in [-0.4, -0.2) is 60.4 Å². The number of rotatable bonds is 4. The zero-order valence-corrected chi connectivity index (χ0v) is 11.3. The van der Waals surface area contributed by atoms with E-state index < -0.39 is 12.1 Å². The first kappa shape index (κ1) is 13.8. The maximum Gasteiger partial charge on any atom is 0.337 e. The van der Waals surface area contributed by atoms with Gasteiger partial charge in [-0.05, 0) is 32.6 Å². The molecule has 0 radical (unpaired) electrons. The van der Waals surface area contributed by atoms with E-state index in [1.807, 2.05) is 31.1 Å². The van der Waals surface area contributed by atoms with E-state index in [-0.39, 0.29) is 6.04 Å². The highest BCUT2D eigenvalue weighted by molar-refractivity contribution is 5.94. The van der Waals surface area contributed by atoms with Crippen molar-refractivity contribution in [1.29, 1.82) is 0 Å². The van der Waals surface area contributed by atoms with E-state index in [9.17, 15) is 15.0 Å². The fourth-order valence-corrected chi connectivity index (χ4v) is 2.69. The molecule has 0 spiro atoms. The molecular formula is C14H20N2O3. The molecule has 1 aromatic carbocycles. The van der Waals surface area contributed by atoms with Gasteiger partial charge in [-0.1, -0.05) is 12.1 Å². The van der Waals surface area contributed by atoms with Gasteiger partial charge in [0.05, 0.1) is 17.4 Å². The van der Waals surface area contributed by atoms with Crippen molar-refractivity contribution in [3.8, 4) is 0 Å². The molecule has 2 atom stereocenters. The summed E-state index contributed by atoms with van der Waals surface area (Å²) in [6.45, 7) is 1.29. The molecule has 1 aliphatic heterocycles. The molecule has 0 amide bonds. The van der Waals surface area contributed by atoms with E-state index in [1.165, 1.54) is 0 Å². The Kier molecular flexibility index (Phi) is 4.07. The number of hydrogen-bond donors (Lipinski definition) is 2. The molecule has 0 bridgehead atoms. The first-order chi connectivity index (χ1) is 8.99. The number of hydrogen-bond acceptors (Lipinski definition) is 4. The quantitative estimate of drug-likeness (QED) is 0.845. The first-order valence-electron chi connectivity index (χ1n) is 6.40. The Labute approximate surface area is 113 Å².